The Kier molecular flexibility index (Phi) is 5.29. The van der Waals surface area contributed by atoms with Crippen LogP contribution in [0.3, 0.4) is 0 Å². The minimum absolute atomic E-state index is 0.178. The molecule has 0 spiro atoms. The molecule has 1 aromatic heterocycles. The van der Waals surface area contributed by atoms with E-state index in [0.29, 0.717) is 6.54 Å². The van der Waals surface area contributed by atoms with Crippen LogP contribution in [-0.4, -0.2) is 40.6 Å². The largest absolute Gasteiger partial charge is 0.481 e. The highest BCUT2D eigenvalue weighted by Crippen LogP contribution is 2.15. The summed E-state index contributed by atoms with van der Waals surface area (Å²) in [6, 6.07) is -0.293. The van der Waals surface area contributed by atoms with Crippen LogP contribution in [-0.2, 0) is 11.3 Å². The van der Waals surface area contributed by atoms with E-state index >= 15 is 0 Å². The molecule has 0 bridgehead atoms. The normalized spacial score (nSPS) is 12.0. The van der Waals surface area contributed by atoms with Crippen molar-refractivity contribution in [2.45, 2.75) is 27.3 Å². The molecule has 0 saturated carbocycles. The molecule has 1 heterocycles. The number of carboxylic acid groups (broad SMARTS) is 1. The SMILES string of the molecule is Cc1nc(CNC(=O)N(C)CC(C)C(=O)O)sc1C. The van der Waals surface area contributed by atoms with E-state index in [1.54, 1.807) is 25.3 Å². The summed E-state index contributed by atoms with van der Waals surface area (Å²) < 4.78 is 0. The fraction of sp³-hybridized carbons (Fsp3) is 0.583. The van der Waals surface area contributed by atoms with Gasteiger partial charge in [-0.25, -0.2) is 9.78 Å². The highest BCUT2D eigenvalue weighted by atomic mass is 32.1. The standard InChI is InChI=1S/C12H19N3O3S/c1-7(11(16)17)6-15(4)12(18)13-5-10-14-8(2)9(3)19-10/h7H,5-6H2,1-4H3,(H,13,18)(H,16,17). The first-order valence-electron chi connectivity index (χ1n) is 5.96. The van der Waals surface area contributed by atoms with E-state index in [0.717, 1.165) is 15.6 Å². The van der Waals surface area contributed by atoms with E-state index in [2.05, 4.69) is 10.3 Å². The van der Waals surface area contributed by atoms with E-state index in [1.807, 2.05) is 13.8 Å². The summed E-state index contributed by atoms with van der Waals surface area (Å²) in [5, 5.41) is 12.4. The summed E-state index contributed by atoms with van der Waals surface area (Å²) in [5.41, 5.74) is 0.974. The quantitative estimate of drug-likeness (QED) is 0.861. The first-order chi connectivity index (χ1) is 8.81. The zero-order valence-electron chi connectivity index (χ0n) is 11.6. The fourth-order valence-electron chi connectivity index (χ4n) is 1.47. The van der Waals surface area contributed by atoms with Crippen LogP contribution in [0.4, 0.5) is 4.79 Å². The number of amides is 2. The maximum atomic E-state index is 11.8. The van der Waals surface area contributed by atoms with Gasteiger partial charge in [0.15, 0.2) is 0 Å². The van der Waals surface area contributed by atoms with Gasteiger partial charge in [-0.2, -0.15) is 0 Å². The second-order valence-corrected chi connectivity index (χ2v) is 5.82. The Balaban J connectivity index is 2.44. The molecule has 0 saturated heterocycles. The molecule has 106 valence electrons. The van der Waals surface area contributed by atoms with Crippen LogP contribution in [0.15, 0.2) is 0 Å². The lowest BCUT2D eigenvalue weighted by Crippen LogP contribution is -2.40. The van der Waals surface area contributed by atoms with Gasteiger partial charge >= 0.3 is 12.0 Å². The molecule has 0 fully saturated rings. The summed E-state index contributed by atoms with van der Waals surface area (Å²) in [7, 11) is 1.58. The van der Waals surface area contributed by atoms with E-state index < -0.39 is 11.9 Å². The van der Waals surface area contributed by atoms with Crippen LogP contribution in [0.5, 0.6) is 0 Å². The Morgan fingerprint density at radius 3 is 2.58 bits per heavy atom. The molecule has 1 aromatic rings. The van der Waals surface area contributed by atoms with Crippen molar-refractivity contribution in [2.75, 3.05) is 13.6 Å². The van der Waals surface area contributed by atoms with E-state index in [1.165, 1.54) is 4.90 Å². The maximum absolute atomic E-state index is 11.8. The van der Waals surface area contributed by atoms with Gasteiger partial charge in [0.1, 0.15) is 5.01 Å². The number of aryl methyl sites for hydroxylation is 2. The third-order valence-electron chi connectivity index (χ3n) is 2.78. The Morgan fingerprint density at radius 1 is 1.47 bits per heavy atom. The molecule has 0 aromatic carbocycles. The molecule has 1 rings (SSSR count). The van der Waals surface area contributed by atoms with Crippen molar-refractivity contribution in [1.82, 2.24) is 15.2 Å². The number of aromatic nitrogens is 1. The lowest BCUT2D eigenvalue weighted by atomic mass is 10.2. The topological polar surface area (TPSA) is 82.5 Å². The predicted molar refractivity (Wildman–Crippen MR) is 73.3 cm³/mol. The number of carbonyl (C=O) groups excluding carboxylic acids is 1. The zero-order chi connectivity index (χ0) is 14.6. The average molecular weight is 285 g/mol. The van der Waals surface area contributed by atoms with Crippen molar-refractivity contribution in [3.63, 3.8) is 0 Å². The van der Waals surface area contributed by atoms with Gasteiger partial charge in [0, 0.05) is 18.5 Å². The van der Waals surface area contributed by atoms with Crippen LogP contribution in [0.1, 0.15) is 22.5 Å². The number of thiazole rings is 1. The highest BCUT2D eigenvalue weighted by molar-refractivity contribution is 7.11. The summed E-state index contributed by atoms with van der Waals surface area (Å²) >= 11 is 1.55. The van der Waals surface area contributed by atoms with Gasteiger partial charge in [0.2, 0.25) is 0 Å². The molecule has 2 N–H and O–H groups in total. The smallest absolute Gasteiger partial charge is 0.317 e. The van der Waals surface area contributed by atoms with Crippen molar-refractivity contribution >= 4 is 23.3 Å². The Morgan fingerprint density at radius 2 is 2.11 bits per heavy atom. The number of aliphatic carboxylic acids is 1. The maximum Gasteiger partial charge on any atom is 0.317 e. The Hall–Kier alpha value is -1.63. The first kappa shape index (κ1) is 15.4. The molecule has 0 radical (unpaired) electrons. The molecule has 19 heavy (non-hydrogen) atoms. The lowest BCUT2D eigenvalue weighted by Gasteiger charge is -2.19. The van der Waals surface area contributed by atoms with Gasteiger partial charge in [0.05, 0.1) is 18.2 Å². The van der Waals surface area contributed by atoms with Crippen molar-refractivity contribution in [3.8, 4) is 0 Å². The number of urea groups is 1. The number of hydrogen-bond donors (Lipinski definition) is 2. The van der Waals surface area contributed by atoms with Gasteiger partial charge in [-0.05, 0) is 13.8 Å². The summed E-state index contributed by atoms with van der Waals surface area (Å²) in [5.74, 6) is -1.49. The summed E-state index contributed by atoms with van der Waals surface area (Å²) in [4.78, 5) is 29.3. The number of rotatable bonds is 5. The van der Waals surface area contributed by atoms with Crippen LogP contribution in [0, 0.1) is 19.8 Å². The average Bonchev–Trinajstić information content (AvgIpc) is 2.65. The monoisotopic (exact) mass is 285 g/mol. The molecule has 1 atom stereocenters. The van der Waals surface area contributed by atoms with Crippen LogP contribution in [0.2, 0.25) is 0 Å². The van der Waals surface area contributed by atoms with Gasteiger partial charge in [0.25, 0.3) is 0 Å². The second kappa shape index (κ2) is 6.51. The van der Waals surface area contributed by atoms with Gasteiger partial charge in [-0.3, -0.25) is 4.79 Å². The third-order valence-corrected chi connectivity index (χ3v) is 3.85. The molecule has 7 heteroatoms. The molecular formula is C12H19N3O3S. The van der Waals surface area contributed by atoms with Crippen molar-refractivity contribution < 1.29 is 14.7 Å². The number of hydrogen-bond acceptors (Lipinski definition) is 4. The van der Waals surface area contributed by atoms with Crippen molar-refractivity contribution in [1.29, 1.82) is 0 Å². The van der Waals surface area contributed by atoms with Gasteiger partial charge < -0.3 is 15.3 Å². The zero-order valence-corrected chi connectivity index (χ0v) is 12.4. The number of carboxylic acids is 1. The lowest BCUT2D eigenvalue weighted by molar-refractivity contribution is -0.141. The van der Waals surface area contributed by atoms with E-state index in [4.69, 9.17) is 5.11 Å². The molecule has 0 aliphatic rings. The molecule has 0 aliphatic heterocycles. The molecular weight excluding hydrogens is 266 g/mol. The Bertz CT molecular complexity index is 453. The summed E-state index contributed by atoms with van der Waals surface area (Å²) in [6.07, 6.45) is 0. The van der Waals surface area contributed by atoms with Crippen LogP contribution in [0.25, 0.3) is 0 Å². The highest BCUT2D eigenvalue weighted by Gasteiger charge is 2.17. The van der Waals surface area contributed by atoms with E-state index in [-0.39, 0.29) is 12.6 Å². The van der Waals surface area contributed by atoms with Gasteiger partial charge in [-0.15, -0.1) is 11.3 Å². The Labute approximate surface area is 116 Å². The van der Waals surface area contributed by atoms with Crippen molar-refractivity contribution in [2.24, 2.45) is 5.92 Å². The number of nitrogens with one attached hydrogen (secondary N) is 1. The fourth-order valence-corrected chi connectivity index (χ4v) is 2.35. The predicted octanol–water partition coefficient (Wildman–Crippen LogP) is 1.62. The number of carbonyl (C=O) groups is 2. The molecule has 0 aliphatic carbocycles. The van der Waals surface area contributed by atoms with Crippen LogP contribution >= 0.6 is 11.3 Å². The molecule has 2 amide bonds. The summed E-state index contributed by atoms with van der Waals surface area (Å²) in [6.45, 7) is 6.03. The van der Waals surface area contributed by atoms with Gasteiger partial charge in [-0.1, -0.05) is 6.92 Å². The second-order valence-electron chi connectivity index (χ2n) is 4.53. The number of nitrogens with zero attached hydrogens (tertiary/aromatic N) is 2. The van der Waals surface area contributed by atoms with Crippen molar-refractivity contribution in [3.05, 3.63) is 15.6 Å². The minimum Gasteiger partial charge on any atom is -0.481 e. The molecule has 6 nitrogen and oxygen atoms in total. The van der Waals surface area contributed by atoms with Crippen LogP contribution < -0.4 is 5.32 Å². The first-order valence-corrected chi connectivity index (χ1v) is 6.77. The van der Waals surface area contributed by atoms with E-state index in [9.17, 15) is 9.59 Å². The minimum atomic E-state index is -0.911. The third kappa shape index (κ3) is 4.51. The molecule has 1 unspecified atom stereocenters.